The molecule has 3 N–H and O–H groups in total. The van der Waals surface area contributed by atoms with Gasteiger partial charge in [0, 0.05) is 12.8 Å². The lowest BCUT2D eigenvalue weighted by molar-refractivity contribution is -0.161. The molecule has 0 aliphatic heterocycles. The molecule has 372 valence electrons. The maximum absolute atomic E-state index is 12.7. The highest BCUT2D eigenvalue weighted by Crippen LogP contribution is 2.43. The van der Waals surface area contributed by atoms with Crippen molar-refractivity contribution in [2.75, 3.05) is 26.4 Å². The molecule has 0 aliphatic rings. The van der Waals surface area contributed by atoms with E-state index in [4.69, 9.17) is 23.6 Å². The average molecular weight is 923 g/mol. The van der Waals surface area contributed by atoms with Crippen LogP contribution < -0.4 is 0 Å². The highest BCUT2D eigenvalue weighted by Gasteiger charge is 2.27. The van der Waals surface area contributed by atoms with Crippen molar-refractivity contribution in [3.05, 3.63) is 60.8 Å². The van der Waals surface area contributed by atoms with Crippen LogP contribution in [0.15, 0.2) is 60.8 Å². The average Bonchev–Trinajstić information content (AvgIpc) is 3.28. The van der Waals surface area contributed by atoms with Gasteiger partial charge in [-0.25, -0.2) is 4.57 Å². The fourth-order valence-corrected chi connectivity index (χ4v) is 7.77. The summed E-state index contributed by atoms with van der Waals surface area (Å²) >= 11 is 0. The second-order valence-electron chi connectivity index (χ2n) is 17.2. The van der Waals surface area contributed by atoms with Crippen molar-refractivity contribution in [2.24, 2.45) is 0 Å². The highest BCUT2D eigenvalue weighted by molar-refractivity contribution is 7.47. The van der Waals surface area contributed by atoms with Crippen LogP contribution in [-0.2, 0) is 32.7 Å². The first-order chi connectivity index (χ1) is 31.2. The summed E-state index contributed by atoms with van der Waals surface area (Å²) in [4.78, 5) is 35.2. The van der Waals surface area contributed by atoms with Crippen molar-refractivity contribution in [1.29, 1.82) is 0 Å². The lowest BCUT2D eigenvalue weighted by atomic mass is 10.0. The van der Waals surface area contributed by atoms with Gasteiger partial charge in [0.1, 0.15) is 12.7 Å². The summed E-state index contributed by atoms with van der Waals surface area (Å²) < 4.78 is 32.9. The van der Waals surface area contributed by atoms with Gasteiger partial charge in [-0.05, 0) is 77.0 Å². The van der Waals surface area contributed by atoms with Crippen LogP contribution in [0.25, 0.3) is 0 Å². The van der Waals surface area contributed by atoms with Crippen LogP contribution in [0.1, 0.15) is 226 Å². The van der Waals surface area contributed by atoms with E-state index in [0.717, 1.165) is 77.0 Å². The minimum Gasteiger partial charge on any atom is -0.462 e. The molecule has 0 saturated heterocycles. The Kier molecular flexibility index (Phi) is 46.8. The van der Waals surface area contributed by atoms with E-state index in [9.17, 15) is 24.2 Å². The van der Waals surface area contributed by atoms with Gasteiger partial charge in [0.25, 0.3) is 0 Å². The quantitative estimate of drug-likeness (QED) is 0.0233. The van der Waals surface area contributed by atoms with Crippen LogP contribution in [0.2, 0.25) is 0 Å². The van der Waals surface area contributed by atoms with Crippen molar-refractivity contribution in [1.82, 2.24) is 0 Å². The summed E-state index contributed by atoms with van der Waals surface area (Å²) in [5, 5.41) is 18.4. The minimum absolute atomic E-state index is 0.176. The first kappa shape index (κ1) is 61.7. The Hall–Kier alpha value is -2.33. The van der Waals surface area contributed by atoms with Crippen molar-refractivity contribution < 1.29 is 47.8 Å². The summed E-state index contributed by atoms with van der Waals surface area (Å²) in [5.41, 5.74) is 0. The van der Waals surface area contributed by atoms with Crippen molar-refractivity contribution in [2.45, 2.75) is 238 Å². The molecule has 0 spiro atoms. The zero-order chi connectivity index (χ0) is 46.9. The maximum Gasteiger partial charge on any atom is 0.472 e. The van der Waals surface area contributed by atoms with Crippen molar-refractivity contribution in [3.8, 4) is 0 Å². The molecular weight excluding hydrogens is 828 g/mol. The predicted octanol–water partition coefficient (Wildman–Crippen LogP) is 14.6. The van der Waals surface area contributed by atoms with E-state index in [2.05, 4.69) is 74.6 Å². The van der Waals surface area contributed by atoms with Crippen LogP contribution in [0.4, 0.5) is 0 Å². The summed E-state index contributed by atoms with van der Waals surface area (Å²) in [5.74, 6) is -0.931. The van der Waals surface area contributed by atoms with E-state index >= 15 is 0 Å². The highest BCUT2D eigenvalue weighted by atomic mass is 31.2. The number of phosphoric ester groups is 1. The largest absolute Gasteiger partial charge is 0.472 e. The molecule has 64 heavy (non-hydrogen) atoms. The Morgan fingerprint density at radius 3 is 1.31 bits per heavy atom. The van der Waals surface area contributed by atoms with Gasteiger partial charge in [-0.3, -0.25) is 18.6 Å². The fraction of sp³-hybridized carbons (Fsp3) is 0.774. The molecule has 10 nitrogen and oxygen atoms in total. The van der Waals surface area contributed by atoms with E-state index < -0.39 is 51.8 Å². The van der Waals surface area contributed by atoms with Gasteiger partial charge in [0.15, 0.2) is 6.10 Å². The SMILES string of the molecule is CC/C=C\C/C=C\C/C=C\C/C=C\CCCCCCCCCCCCC(=O)OC(COC(=O)CCCCCCCCC/C=C\CCCCCCCCC)COP(=O)(O)OCC(O)CO. The Morgan fingerprint density at radius 2 is 0.859 bits per heavy atom. The van der Waals surface area contributed by atoms with Gasteiger partial charge in [-0.1, -0.05) is 197 Å². The number of phosphoric acid groups is 1. The number of allylic oxidation sites excluding steroid dienone is 10. The minimum atomic E-state index is -4.63. The molecule has 0 aromatic rings. The second-order valence-corrected chi connectivity index (χ2v) is 18.6. The Bertz CT molecular complexity index is 1250. The maximum atomic E-state index is 12.7. The molecule has 0 saturated carbocycles. The van der Waals surface area contributed by atoms with Gasteiger partial charge in [-0.2, -0.15) is 0 Å². The topological polar surface area (TPSA) is 149 Å². The van der Waals surface area contributed by atoms with E-state index in [0.29, 0.717) is 12.8 Å². The molecule has 0 aromatic carbocycles. The second kappa shape index (κ2) is 48.6. The lowest BCUT2D eigenvalue weighted by Gasteiger charge is -2.20. The molecule has 3 unspecified atom stereocenters. The predicted molar refractivity (Wildman–Crippen MR) is 265 cm³/mol. The lowest BCUT2D eigenvalue weighted by Crippen LogP contribution is -2.29. The number of unbranched alkanes of at least 4 members (excludes halogenated alkanes) is 24. The van der Waals surface area contributed by atoms with Crippen LogP contribution in [0.5, 0.6) is 0 Å². The molecule has 0 radical (unpaired) electrons. The number of carbonyl (C=O) groups excluding carboxylic acids is 2. The van der Waals surface area contributed by atoms with Crippen molar-refractivity contribution >= 4 is 19.8 Å². The summed E-state index contributed by atoms with van der Waals surface area (Å²) in [6.45, 7) is 2.28. The number of hydrogen-bond donors (Lipinski definition) is 3. The fourth-order valence-electron chi connectivity index (χ4n) is 6.98. The van der Waals surface area contributed by atoms with Crippen LogP contribution in [-0.4, -0.2) is 65.7 Å². The number of hydrogen-bond acceptors (Lipinski definition) is 9. The smallest absolute Gasteiger partial charge is 0.462 e. The third-order valence-corrected chi connectivity index (χ3v) is 11.9. The molecule has 0 rings (SSSR count). The number of esters is 2. The molecule has 11 heteroatoms. The van der Waals surface area contributed by atoms with E-state index in [1.807, 2.05) is 0 Å². The number of rotatable bonds is 48. The van der Waals surface area contributed by atoms with Crippen LogP contribution in [0, 0.1) is 0 Å². The molecule has 0 amide bonds. The van der Waals surface area contributed by atoms with E-state index in [1.165, 1.54) is 109 Å². The zero-order valence-electron chi connectivity index (χ0n) is 40.7. The standard InChI is InChI=1S/C53H95O10P/c1-3-5-7-9-11-13-15-17-19-21-23-24-25-26-27-29-31-33-35-37-39-41-43-45-53(57)63-51(49-62-64(58,59)61-47-50(55)46-54)48-60-52(56)44-42-40-38-36-34-32-30-28-22-20-18-16-14-12-10-8-6-4-2/h5,7,11,13,17,19-20,22-24,50-51,54-55H,3-4,6,8-10,12,14-16,18,21,25-49H2,1-2H3,(H,58,59)/b7-5-,13-11-,19-17-,22-20-,24-23-. The number of ether oxygens (including phenoxy) is 2. The molecule has 0 bridgehead atoms. The number of aliphatic hydroxyl groups excluding tert-OH is 2. The molecule has 0 fully saturated rings. The third kappa shape index (κ3) is 47.6. The third-order valence-electron chi connectivity index (χ3n) is 10.9. The van der Waals surface area contributed by atoms with E-state index in [-0.39, 0.29) is 19.4 Å². The molecule has 3 atom stereocenters. The normalized spacial score (nSPS) is 14.1. The zero-order valence-corrected chi connectivity index (χ0v) is 41.6. The molecular formula is C53H95O10P. The Morgan fingerprint density at radius 1 is 0.484 bits per heavy atom. The number of aliphatic hydroxyl groups is 2. The monoisotopic (exact) mass is 923 g/mol. The molecule has 0 aliphatic carbocycles. The Balaban J connectivity index is 4.19. The van der Waals surface area contributed by atoms with Crippen LogP contribution in [0.3, 0.4) is 0 Å². The first-order valence-electron chi connectivity index (χ1n) is 25.7. The first-order valence-corrected chi connectivity index (χ1v) is 27.2. The van der Waals surface area contributed by atoms with E-state index in [1.54, 1.807) is 0 Å². The number of carbonyl (C=O) groups is 2. The van der Waals surface area contributed by atoms with Gasteiger partial charge in [0.05, 0.1) is 19.8 Å². The van der Waals surface area contributed by atoms with Crippen molar-refractivity contribution in [3.63, 3.8) is 0 Å². The molecule has 0 aromatic heterocycles. The summed E-state index contributed by atoms with van der Waals surface area (Å²) in [7, 11) is -4.63. The van der Waals surface area contributed by atoms with Gasteiger partial charge < -0.3 is 24.6 Å². The summed E-state index contributed by atoms with van der Waals surface area (Å²) in [6, 6.07) is 0. The van der Waals surface area contributed by atoms with Crippen LogP contribution >= 0.6 is 7.82 Å². The van der Waals surface area contributed by atoms with Gasteiger partial charge in [-0.15, -0.1) is 0 Å². The Labute approximate surface area is 391 Å². The van der Waals surface area contributed by atoms with Gasteiger partial charge >= 0.3 is 19.8 Å². The summed E-state index contributed by atoms with van der Waals surface area (Å²) in [6.07, 6.45) is 56.1. The van der Waals surface area contributed by atoms with Gasteiger partial charge in [0.2, 0.25) is 0 Å². The molecule has 0 heterocycles.